The van der Waals surface area contributed by atoms with E-state index < -0.39 is 0 Å². The zero-order valence-electron chi connectivity index (χ0n) is 12.3. The van der Waals surface area contributed by atoms with Crippen molar-refractivity contribution in [3.8, 4) is 0 Å². The topological polar surface area (TPSA) is 30.5 Å². The quantitative estimate of drug-likeness (QED) is 0.568. The summed E-state index contributed by atoms with van der Waals surface area (Å²) < 4.78 is 11.1. The van der Waals surface area contributed by atoms with Crippen molar-refractivity contribution in [2.45, 2.75) is 59.6 Å². The summed E-state index contributed by atoms with van der Waals surface area (Å²) in [4.78, 5) is 0. The van der Waals surface area contributed by atoms with E-state index >= 15 is 0 Å². The van der Waals surface area contributed by atoms with Gasteiger partial charge in [-0.15, -0.1) is 0 Å². The molecular weight excluding hydrogens is 214 g/mol. The average Bonchev–Trinajstić information content (AvgIpc) is 2.26. The number of hydrogen-bond donors (Lipinski definition) is 1. The first-order valence-corrected chi connectivity index (χ1v) is 6.99. The summed E-state index contributed by atoms with van der Waals surface area (Å²) in [7, 11) is 0. The first kappa shape index (κ1) is 16.9. The second-order valence-corrected chi connectivity index (χ2v) is 5.25. The first-order valence-electron chi connectivity index (χ1n) is 6.99. The molecule has 0 bridgehead atoms. The van der Waals surface area contributed by atoms with Crippen molar-refractivity contribution in [2.24, 2.45) is 5.92 Å². The lowest BCUT2D eigenvalue weighted by Crippen LogP contribution is -2.34. The van der Waals surface area contributed by atoms with Gasteiger partial charge < -0.3 is 14.8 Å². The molecule has 0 rings (SSSR count). The van der Waals surface area contributed by atoms with Gasteiger partial charge in [0.05, 0.1) is 19.3 Å². The first-order chi connectivity index (χ1) is 8.06. The molecule has 0 aromatic heterocycles. The molecule has 0 saturated carbocycles. The van der Waals surface area contributed by atoms with E-state index in [-0.39, 0.29) is 6.10 Å². The maximum Gasteiger partial charge on any atom is 0.0704 e. The van der Waals surface area contributed by atoms with Crippen LogP contribution in [0.1, 0.15) is 47.5 Å². The van der Waals surface area contributed by atoms with Crippen molar-refractivity contribution in [2.75, 3.05) is 26.4 Å². The molecule has 0 saturated heterocycles. The highest BCUT2D eigenvalue weighted by molar-refractivity contribution is 4.62. The molecule has 1 N–H and O–H groups in total. The van der Waals surface area contributed by atoms with Gasteiger partial charge in [-0.05, 0) is 26.2 Å². The highest BCUT2D eigenvalue weighted by atomic mass is 16.5. The molecule has 3 nitrogen and oxygen atoms in total. The lowest BCUT2D eigenvalue weighted by Gasteiger charge is -2.18. The molecule has 2 unspecified atom stereocenters. The van der Waals surface area contributed by atoms with Crippen LogP contribution in [0.3, 0.4) is 0 Å². The highest BCUT2D eigenvalue weighted by Gasteiger charge is 2.05. The number of nitrogens with one attached hydrogen (secondary N) is 1. The fourth-order valence-corrected chi connectivity index (χ4v) is 1.59. The van der Waals surface area contributed by atoms with Crippen molar-refractivity contribution in [3.05, 3.63) is 0 Å². The molecule has 0 spiro atoms. The van der Waals surface area contributed by atoms with Crippen LogP contribution in [0, 0.1) is 5.92 Å². The van der Waals surface area contributed by atoms with Gasteiger partial charge in [0, 0.05) is 19.2 Å². The van der Waals surface area contributed by atoms with E-state index in [1.54, 1.807) is 0 Å². The Morgan fingerprint density at radius 2 is 1.76 bits per heavy atom. The number of rotatable bonds is 11. The fourth-order valence-electron chi connectivity index (χ4n) is 1.59. The van der Waals surface area contributed by atoms with Gasteiger partial charge in [-0.3, -0.25) is 0 Å². The third-order valence-electron chi connectivity index (χ3n) is 2.56. The molecule has 0 radical (unpaired) electrons. The van der Waals surface area contributed by atoms with Gasteiger partial charge >= 0.3 is 0 Å². The Balaban J connectivity index is 3.31. The predicted octanol–water partition coefficient (Wildman–Crippen LogP) is 2.84. The summed E-state index contributed by atoms with van der Waals surface area (Å²) in [6.45, 7) is 14.0. The van der Waals surface area contributed by atoms with Crippen LogP contribution in [-0.2, 0) is 9.47 Å². The van der Waals surface area contributed by atoms with Crippen molar-refractivity contribution in [1.82, 2.24) is 5.32 Å². The maximum atomic E-state index is 5.66. The van der Waals surface area contributed by atoms with Gasteiger partial charge in [0.1, 0.15) is 0 Å². The Kier molecular flexibility index (Phi) is 10.9. The number of hydrogen-bond acceptors (Lipinski definition) is 3. The van der Waals surface area contributed by atoms with Crippen LogP contribution in [0.5, 0.6) is 0 Å². The normalized spacial score (nSPS) is 15.2. The monoisotopic (exact) mass is 245 g/mol. The molecule has 0 aliphatic carbocycles. The molecular formula is C14H31NO2. The van der Waals surface area contributed by atoms with E-state index in [9.17, 15) is 0 Å². The molecule has 0 fully saturated rings. The van der Waals surface area contributed by atoms with Gasteiger partial charge in [-0.2, -0.15) is 0 Å². The highest BCUT2D eigenvalue weighted by Crippen LogP contribution is 1.97. The molecule has 104 valence electrons. The van der Waals surface area contributed by atoms with Crippen molar-refractivity contribution in [3.63, 3.8) is 0 Å². The van der Waals surface area contributed by atoms with Crippen LogP contribution in [0.2, 0.25) is 0 Å². The minimum absolute atomic E-state index is 0.261. The SMILES string of the molecule is CCCC(C)NCC(C)OCCOCC(C)C. The molecule has 0 heterocycles. The Labute approximate surface area is 107 Å². The summed E-state index contributed by atoms with van der Waals surface area (Å²) in [5.74, 6) is 0.601. The third-order valence-corrected chi connectivity index (χ3v) is 2.56. The van der Waals surface area contributed by atoms with E-state index in [0.717, 1.165) is 13.2 Å². The predicted molar refractivity (Wildman–Crippen MR) is 73.4 cm³/mol. The van der Waals surface area contributed by atoms with Gasteiger partial charge in [-0.25, -0.2) is 0 Å². The van der Waals surface area contributed by atoms with Crippen LogP contribution >= 0.6 is 0 Å². The third kappa shape index (κ3) is 12.1. The summed E-state index contributed by atoms with van der Waals surface area (Å²) in [5, 5.41) is 3.48. The fraction of sp³-hybridized carbons (Fsp3) is 1.00. The van der Waals surface area contributed by atoms with E-state index in [1.165, 1.54) is 12.8 Å². The van der Waals surface area contributed by atoms with Crippen LogP contribution in [0.25, 0.3) is 0 Å². The standard InChI is InChI=1S/C14H31NO2/c1-6-7-13(4)15-10-14(5)17-9-8-16-11-12(2)3/h12-15H,6-11H2,1-5H3. The Morgan fingerprint density at radius 3 is 2.35 bits per heavy atom. The van der Waals surface area contributed by atoms with Gasteiger partial charge in [0.2, 0.25) is 0 Å². The minimum atomic E-state index is 0.261. The van der Waals surface area contributed by atoms with E-state index in [2.05, 4.69) is 39.9 Å². The zero-order chi connectivity index (χ0) is 13.1. The molecule has 2 atom stereocenters. The van der Waals surface area contributed by atoms with Crippen LogP contribution in [0.4, 0.5) is 0 Å². The largest absolute Gasteiger partial charge is 0.379 e. The van der Waals surface area contributed by atoms with E-state index in [0.29, 0.717) is 25.2 Å². The molecule has 3 heteroatoms. The van der Waals surface area contributed by atoms with Gasteiger partial charge in [-0.1, -0.05) is 27.2 Å². The second kappa shape index (κ2) is 11.0. The molecule has 0 aliphatic rings. The Hall–Kier alpha value is -0.120. The minimum Gasteiger partial charge on any atom is -0.379 e. The molecule has 0 aromatic carbocycles. The van der Waals surface area contributed by atoms with Crippen LogP contribution in [0.15, 0.2) is 0 Å². The lowest BCUT2D eigenvalue weighted by molar-refractivity contribution is 0.00595. The van der Waals surface area contributed by atoms with E-state index in [4.69, 9.17) is 9.47 Å². The van der Waals surface area contributed by atoms with Crippen LogP contribution < -0.4 is 5.32 Å². The smallest absolute Gasteiger partial charge is 0.0704 e. The molecule has 17 heavy (non-hydrogen) atoms. The average molecular weight is 245 g/mol. The van der Waals surface area contributed by atoms with Crippen molar-refractivity contribution < 1.29 is 9.47 Å². The summed E-state index contributed by atoms with van der Waals surface area (Å²) in [6, 6.07) is 0.586. The van der Waals surface area contributed by atoms with Crippen molar-refractivity contribution in [1.29, 1.82) is 0 Å². The molecule has 0 aliphatic heterocycles. The Morgan fingerprint density at radius 1 is 1.06 bits per heavy atom. The van der Waals surface area contributed by atoms with Gasteiger partial charge in [0.15, 0.2) is 0 Å². The summed E-state index contributed by atoms with van der Waals surface area (Å²) in [6.07, 6.45) is 2.72. The summed E-state index contributed by atoms with van der Waals surface area (Å²) >= 11 is 0. The number of ether oxygens (including phenoxy) is 2. The van der Waals surface area contributed by atoms with Crippen molar-refractivity contribution >= 4 is 0 Å². The maximum absolute atomic E-state index is 5.66. The van der Waals surface area contributed by atoms with Gasteiger partial charge in [0.25, 0.3) is 0 Å². The lowest BCUT2D eigenvalue weighted by atomic mass is 10.2. The molecule has 0 amide bonds. The summed E-state index contributed by atoms with van der Waals surface area (Å²) in [5.41, 5.74) is 0. The van der Waals surface area contributed by atoms with E-state index in [1.807, 2.05) is 0 Å². The zero-order valence-corrected chi connectivity index (χ0v) is 12.3. The second-order valence-electron chi connectivity index (χ2n) is 5.25. The molecule has 0 aromatic rings. The Bertz CT molecular complexity index is 162. The van der Waals surface area contributed by atoms with Crippen LogP contribution in [-0.4, -0.2) is 38.5 Å².